The van der Waals surface area contributed by atoms with Gasteiger partial charge in [0.2, 0.25) is 0 Å². The van der Waals surface area contributed by atoms with Gasteiger partial charge in [0.15, 0.2) is 5.57 Å². The lowest BCUT2D eigenvalue weighted by atomic mass is 10.3. The Bertz CT molecular complexity index is 635. The van der Waals surface area contributed by atoms with Crippen LogP contribution >= 0.6 is 0 Å². The quantitative estimate of drug-likeness (QED) is 0.543. The van der Waals surface area contributed by atoms with E-state index in [1.165, 1.54) is 0 Å². The van der Waals surface area contributed by atoms with Crippen molar-refractivity contribution >= 4 is 0 Å². The highest BCUT2D eigenvalue weighted by molar-refractivity contribution is 5.39. The summed E-state index contributed by atoms with van der Waals surface area (Å²) in [5, 5.41) is 24.4. The molecule has 1 saturated heterocycles. The van der Waals surface area contributed by atoms with E-state index in [9.17, 15) is 0 Å². The summed E-state index contributed by atoms with van der Waals surface area (Å²) >= 11 is 0. The molecule has 2 rings (SSSR count). The molecule has 1 fully saturated rings. The van der Waals surface area contributed by atoms with Crippen LogP contribution in [0.3, 0.4) is 0 Å². The molecule has 128 valence electrons. The van der Waals surface area contributed by atoms with Gasteiger partial charge < -0.3 is 20.0 Å². The first kappa shape index (κ1) is 17.9. The average Bonchev–Trinajstić information content (AvgIpc) is 3.22. The van der Waals surface area contributed by atoms with Crippen LogP contribution in [0.4, 0.5) is 0 Å². The van der Waals surface area contributed by atoms with Crippen LogP contribution in [0.2, 0.25) is 0 Å². The van der Waals surface area contributed by atoms with E-state index in [0.717, 1.165) is 50.8 Å². The zero-order chi connectivity index (χ0) is 17.4. The van der Waals surface area contributed by atoms with Crippen LogP contribution in [-0.4, -0.2) is 49.6 Å². The van der Waals surface area contributed by atoms with Crippen molar-refractivity contribution in [1.29, 1.82) is 10.5 Å². The standard InChI is InChI=1S/C17H24N6O/c1-3-22(2)13-16-5-4-15(24-16)12-20-6-8-23-9-7-21-17(23)14(10-18)11-19/h4-5,20-21H,3,6-9,12-13H2,1-2H3. The molecule has 0 radical (unpaired) electrons. The van der Waals surface area contributed by atoms with Crippen LogP contribution in [-0.2, 0) is 13.1 Å². The summed E-state index contributed by atoms with van der Waals surface area (Å²) in [5.41, 5.74) is 0.142. The van der Waals surface area contributed by atoms with Gasteiger partial charge in [-0.05, 0) is 25.7 Å². The summed E-state index contributed by atoms with van der Waals surface area (Å²) < 4.78 is 5.80. The zero-order valence-corrected chi connectivity index (χ0v) is 14.3. The maximum atomic E-state index is 8.98. The van der Waals surface area contributed by atoms with E-state index in [4.69, 9.17) is 14.9 Å². The lowest BCUT2D eigenvalue weighted by molar-refractivity contribution is 0.301. The average molecular weight is 328 g/mol. The molecule has 2 heterocycles. The molecular weight excluding hydrogens is 304 g/mol. The Balaban J connectivity index is 1.76. The van der Waals surface area contributed by atoms with Crippen LogP contribution in [0.5, 0.6) is 0 Å². The maximum absolute atomic E-state index is 8.98. The molecular formula is C17H24N6O. The molecule has 1 aliphatic rings. The fourth-order valence-electron chi connectivity index (χ4n) is 2.54. The topological polar surface area (TPSA) is 91.3 Å². The van der Waals surface area contributed by atoms with E-state index >= 15 is 0 Å². The number of furan rings is 1. The van der Waals surface area contributed by atoms with Crippen molar-refractivity contribution in [3.63, 3.8) is 0 Å². The van der Waals surface area contributed by atoms with Gasteiger partial charge in [-0.2, -0.15) is 10.5 Å². The molecule has 0 aliphatic carbocycles. The summed E-state index contributed by atoms with van der Waals surface area (Å²) in [4.78, 5) is 4.21. The third-order valence-electron chi connectivity index (χ3n) is 3.99. The number of hydrogen-bond donors (Lipinski definition) is 2. The Morgan fingerprint density at radius 3 is 2.83 bits per heavy atom. The smallest absolute Gasteiger partial charge is 0.169 e. The summed E-state index contributed by atoms with van der Waals surface area (Å²) in [6.07, 6.45) is 0. The molecule has 1 aliphatic heterocycles. The molecule has 0 spiro atoms. The van der Waals surface area contributed by atoms with Crippen LogP contribution in [0.15, 0.2) is 27.9 Å². The van der Waals surface area contributed by atoms with Gasteiger partial charge in [0.1, 0.15) is 29.5 Å². The minimum absolute atomic E-state index is 0.142. The summed E-state index contributed by atoms with van der Waals surface area (Å²) in [6.45, 7) is 7.63. The maximum Gasteiger partial charge on any atom is 0.169 e. The predicted molar refractivity (Wildman–Crippen MR) is 90.3 cm³/mol. The Hall–Kier alpha value is -2.48. The second-order valence-electron chi connectivity index (χ2n) is 5.74. The van der Waals surface area contributed by atoms with Crippen molar-refractivity contribution in [2.75, 3.05) is 39.8 Å². The Labute approximate surface area is 143 Å². The molecule has 24 heavy (non-hydrogen) atoms. The van der Waals surface area contributed by atoms with Crippen molar-refractivity contribution < 1.29 is 4.42 Å². The number of nitrogens with one attached hydrogen (secondary N) is 2. The summed E-state index contributed by atoms with van der Waals surface area (Å²) in [7, 11) is 2.06. The first-order valence-electron chi connectivity index (χ1n) is 8.18. The molecule has 7 nitrogen and oxygen atoms in total. The SMILES string of the molecule is CCN(C)Cc1ccc(CNCCN2CCNC2=C(C#N)C#N)o1. The molecule has 7 heteroatoms. The Kier molecular flexibility index (Phi) is 6.68. The van der Waals surface area contributed by atoms with Crippen molar-refractivity contribution in [2.45, 2.75) is 20.0 Å². The van der Waals surface area contributed by atoms with Gasteiger partial charge in [-0.1, -0.05) is 6.92 Å². The second-order valence-corrected chi connectivity index (χ2v) is 5.74. The van der Waals surface area contributed by atoms with Crippen molar-refractivity contribution in [2.24, 2.45) is 0 Å². The number of hydrogen-bond acceptors (Lipinski definition) is 7. The van der Waals surface area contributed by atoms with E-state index in [1.807, 2.05) is 29.2 Å². The molecule has 0 bridgehead atoms. The second kappa shape index (κ2) is 8.97. The van der Waals surface area contributed by atoms with E-state index < -0.39 is 0 Å². The fraction of sp³-hybridized carbons (Fsp3) is 0.529. The van der Waals surface area contributed by atoms with Gasteiger partial charge in [-0.15, -0.1) is 0 Å². The van der Waals surface area contributed by atoms with Crippen LogP contribution in [0.25, 0.3) is 0 Å². The van der Waals surface area contributed by atoms with Crippen molar-refractivity contribution in [3.8, 4) is 12.1 Å². The van der Waals surface area contributed by atoms with Crippen molar-refractivity contribution in [3.05, 3.63) is 35.0 Å². The third-order valence-corrected chi connectivity index (χ3v) is 3.99. The normalized spacial score (nSPS) is 13.7. The zero-order valence-electron chi connectivity index (χ0n) is 14.3. The lowest BCUT2D eigenvalue weighted by Crippen LogP contribution is -2.30. The fourth-order valence-corrected chi connectivity index (χ4v) is 2.54. The first-order chi connectivity index (χ1) is 11.7. The van der Waals surface area contributed by atoms with Crippen LogP contribution in [0.1, 0.15) is 18.4 Å². The summed E-state index contributed by atoms with van der Waals surface area (Å²) in [5.74, 6) is 2.53. The Morgan fingerprint density at radius 2 is 2.12 bits per heavy atom. The van der Waals surface area contributed by atoms with E-state index in [1.54, 1.807) is 0 Å². The molecule has 0 atom stereocenters. The largest absolute Gasteiger partial charge is 0.463 e. The predicted octanol–water partition coefficient (Wildman–Crippen LogP) is 0.985. The third kappa shape index (κ3) is 4.76. The monoisotopic (exact) mass is 328 g/mol. The minimum Gasteiger partial charge on any atom is -0.463 e. The minimum atomic E-state index is 0.142. The number of allylic oxidation sites excluding steroid dienone is 1. The van der Waals surface area contributed by atoms with Crippen LogP contribution in [0, 0.1) is 22.7 Å². The number of nitrogens with zero attached hydrogens (tertiary/aromatic N) is 4. The van der Waals surface area contributed by atoms with Gasteiger partial charge in [-0.25, -0.2) is 0 Å². The molecule has 0 aromatic carbocycles. The Morgan fingerprint density at radius 1 is 1.38 bits per heavy atom. The number of nitriles is 2. The number of rotatable bonds is 8. The van der Waals surface area contributed by atoms with E-state index in [2.05, 4.69) is 29.5 Å². The van der Waals surface area contributed by atoms with E-state index in [-0.39, 0.29) is 5.57 Å². The van der Waals surface area contributed by atoms with Gasteiger partial charge in [-0.3, -0.25) is 4.90 Å². The highest BCUT2D eigenvalue weighted by Gasteiger charge is 2.20. The van der Waals surface area contributed by atoms with Gasteiger partial charge in [0, 0.05) is 26.2 Å². The molecule has 1 aromatic heterocycles. The van der Waals surface area contributed by atoms with Gasteiger partial charge in [0.25, 0.3) is 0 Å². The van der Waals surface area contributed by atoms with Crippen molar-refractivity contribution in [1.82, 2.24) is 20.4 Å². The molecule has 2 N–H and O–H groups in total. The first-order valence-corrected chi connectivity index (χ1v) is 8.18. The highest BCUT2D eigenvalue weighted by atomic mass is 16.3. The van der Waals surface area contributed by atoms with E-state index in [0.29, 0.717) is 12.4 Å². The highest BCUT2D eigenvalue weighted by Crippen LogP contribution is 2.12. The lowest BCUT2D eigenvalue weighted by Gasteiger charge is -2.18. The molecule has 1 aromatic rings. The molecule has 0 unspecified atom stereocenters. The molecule has 0 amide bonds. The summed E-state index contributed by atoms with van der Waals surface area (Å²) in [6, 6.07) is 7.89. The molecule has 0 saturated carbocycles. The van der Waals surface area contributed by atoms with Crippen LogP contribution < -0.4 is 10.6 Å². The van der Waals surface area contributed by atoms with Gasteiger partial charge >= 0.3 is 0 Å². The van der Waals surface area contributed by atoms with Gasteiger partial charge in [0.05, 0.1) is 13.1 Å².